The molecule has 10 nitrogen and oxygen atoms in total. The zero-order valence-corrected chi connectivity index (χ0v) is 17.5. The first-order chi connectivity index (χ1) is 15.1. The molecule has 0 saturated heterocycles. The summed E-state index contributed by atoms with van der Waals surface area (Å²) >= 11 is 6.13. The summed E-state index contributed by atoms with van der Waals surface area (Å²) in [7, 11) is 0. The van der Waals surface area contributed by atoms with Crippen LogP contribution in [-0.2, 0) is 11.3 Å². The van der Waals surface area contributed by atoms with Gasteiger partial charge in [-0.3, -0.25) is 9.69 Å². The second-order valence-electron chi connectivity index (χ2n) is 6.74. The van der Waals surface area contributed by atoms with E-state index in [1.807, 2.05) is 11.8 Å². The largest absolute Gasteiger partial charge is 0.459 e. The first-order valence-electron chi connectivity index (χ1n) is 9.65. The van der Waals surface area contributed by atoms with Gasteiger partial charge in [0.2, 0.25) is 11.8 Å². The predicted molar refractivity (Wildman–Crippen MR) is 113 cm³/mol. The molecule has 0 aliphatic heterocycles. The summed E-state index contributed by atoms with van der Waals surface area (Å²) in [4.78, 5) is 18.7. The molecule has 0 unspecified atom stereocenters. The number of nitrogens with one attached hydrogen (secondary N) is 1. The minimum Gasteiger partial charge on any atom is -0.459 e. The van der Waals surface area contributed by atoms with Gasteiger partial charge in [0, 0.05) is 5.02 Å². The number of hydrogen-bond acceptors (Lipinski definition) is 8. The molecule has 0 spiro atoms. The van der Waals surface area contributed by atoms with Crippen molar-refractivity contribution in [3.8, 4) is 17.3 Å². The highest BCUT2D eigenvalue weighted by Gasteiger charge is 2.17. The molecule has 0 saturated carbocycles. The van der Waals surface area contributed by atoms with Crippen molar-refractivity contribution in [1.29, 1.82) is 0 Å². The summed E-state index contributed by atoms with van der Waals surface area (Å²) in [5.41, 5.74) is 1.20. The Bertz CT molecular complexity index is 1130. The number of anilines is 1. The van der Waals surface area contributed by atoms with E-state index in [1.54, 1.807) is 41.3 Å². The third-order valence-electron chi connectivity index (χ3n) is 4.36. The van der Waals surface area contributed by atoms with Gasteiger partial charge >= 0.3 is 0 Å². The molecular weight excluding hydrogens is 422 g/mol. The van der Waals surface area contributed by atoms with Crippen LogP contribution in [0.3, 0.4) is 0 Å². The molecule has 1 amide bonds. The van der Waals surface area contributed by atoms with Crippen molar-refractivity contribution in [2.75, 3.05) is 18.4 Å². The van der Waals surface area contributed by atoms with Crippen molar-refractivity contribution in [1.82, 2.24) is 29.9 Å². The van der Waals surface area contributed by atoms with Gasteiger partial charge in [-0.05, 0) is 43.3 Å². The van der Waals surface area contributed by atoms with Crippen LogP contribution in [0.5, 0.6) is 0 Å². The van der Waals surface area contributed by atoms with Crippen LogP contribution >= 0.6 is 11.6 Å². The number of nitrogens with zero attached hydrogens (tertiary/aromatic N) is 6. The molecule has 4 rings (SSSR count). The molecule has 11 heteroatoms. The number of halogens is 1. The Kier molecular flexibility index (Phi) is 6.39. The lowest BCUT2D eigenvalue weighted by Gasteiger charge is -2.19. The van der Waals surface area contributed by atoms with E-state index in [-0.39, 0.29) is 12.5 Å². The maximum Gasteiger partial charge on any atom is 0.283 e. The van der Waals surface area contributed by atoms with Gasteiger partial charge in [0.25, 0.3) is 5.89 Å². The zero-order valence-electron chi connectivity index (χ0n) is 16.7. The second-order valence-corrected chi connectivity index (χ2v) is 7.18. The average Bonchev–Trinajstić information content (AvgIpc) is 3.50. The Morgan fingerprint density at radius 2 is 2.19 bits per heavy atom. The summed E-state index contributed by atoms with van der Waals surface area (Å²) in [6, 6.07) is 8.66. The van der Waals surface area contributed by atoms with E-state index in [4.69, 9.17) is 20.4 Å². The van der Waals surface area contributed by atoms with E-state index < -0.39 is 0 Å². The lowest BCUT2D eigenvalue weighted by molar-refractivity contribution is -0.117. The van der Waals surface area contributed by atoms with E-state index in [9.17, 15) is 4.79 Å². The van der Waals surface area contributed by atoms with Crippen LogP contribution in [0.1, 0.15) is 19.2 Å². The summed E-state index contributed by atoms with van der Waals surface area (Å²) in [5, 5.41) is 15.6. The smallest absolute Gasteiger partial charge is 0.283 e. The maximum atomic E-state index is 12.8. The van der Waals surface area contributed by atoms with Gasteiger partial charge in [0.15, 0.2) is 5.76 Å². The molecular formula is C20H20ClN7O3. The lowest BCUT2D eigenvalue weighted by atomic mass is 10.2. The van der Waals surface area contributed by atoms with Crippen LogP contribution in [0.4, 0.5) is 5.69 Å². The molecule has 1 N–H and O–H groups in total. The van der Waals surface area contributed by atoms with Crippen molar-refractivity contribution in [2.24, 2.45) is 0 Å². The molecule has 0 aliphatic carbocycles. The van der Waals surface area contributed by atoms with Gasteiger partial charge in [0.1, 0.15) is 12.7 Å². The molecule has 3 aromatic heterocycles. The molecule has 160 valence electrons. The minimum absolute atomic E-state index is 0.135. The van der Waals surface area contributed by atoms with Crippen LogP contribution in [0.2, 0.25) is 5.02 Å². The standard InChI is InChI=1S/C20H20ClN7O3/c1-2-7-27(11-19-25-26-20(31-19)17-4-3-8-30-17)10-18(29)24-15-9-14(21)5-6-16(15)28-13-22-12-23-28/h3-6,8-9,12-13H,2,7,10-11H2,1H3,(H,24,29). The van der Waals surface area contributed by atoms with E-state index in [0.29, 0.717) is 47.0 Å². The molecule has 0 fully saturated rings. The summed E-state index contributed by atoms with van der Waals surface area (Å²) in [5.74, 6) is 0.999. The van der Waals surface area contributed by atoms with Gasteiger partial charge in [-0.2, -0.15) is 5.10 Å². The Morgan fingerprint density at radius 3 is 2.94 bits per heavy atom. The first kappa shape index (κ1) is 20.8. The molecule has 4 aromatic rings. The summed E-state index contributed by atoms with van der Waals surface area (Å²) < 4.78 is 12.5. The Morgan fingerprint density at radius 1 is 1.29 bits per heavy atom. The van der Waals surface area contributed by atoms with Gasteiger partial charge in [0.05, 0.1) is 30.7 Å². The third-order valence-corrected chi connectivity index (χ3v) is 4.60. The highest BCUT2D eigenvalue weighted by Crippen LogP contribution is 2.24. The van der Waals surface area contributed by atoms with Crippen molar-refractivity contribution >= 4 is 23.2 Å². The van der Waals surface area contributed by atoms with Crippen LogP contribution < -0.4 is 5.32 Å². The van der Waals surface area contributed by atoms with Crippen LogP contribution in [0.25, 0.3) is 17.3 Å². The highest BCUT2D eigenvalue weighted by atomic mass is 35.5. The lowest BCUT2D eigenvalue weighted by Crippen LogP contribution is -2.33. The Hall–Kier alpha value is -3.50. The van der Waals surface area contributed by atoms with Gasteiger partial charge < -0.3 is 14.2 Å². The quantitative estimate of drug-likeness (QED) is 0.420. The molecule has 0 radical (unpaired) electrons. The van der Waals surface area contributed by atoms with E-state index in [0.717, 1.165) is 6.42 Å². The topological polar surface area (TPSA) is 115 Å². The van der Waals surface area contributed by atoms with E-state index in [1.165, 1.54) is 12.6 Å². The number of furan rings is 1. The van der Waals surface area contributed by atoms with Crippen LogP contribution in [-0.4, -0.2) is 48.9 Å². The fourth-order valence-electron chi connectivity index (χ4n) is 3.07. The van der Waals surface area contributed by atoms with E-state index in [2.05, 4.69) is 25.6 Å². The third kappa shape index (κ3) is 5.16. The van der Waals surface area contributed by atoms with Crippen LogP contribution in [0.15, 0.2) is 58.1 Å². The fraction of sp³-hybridized carbons (Fsp3) is 0.250. The SMILES string of the molecule is CCCN(CC(=O)Nc1cc(Cl)ccc1-n1cncn1)Cc1nnc(-c2ccco2)o1. The number of carbonyl (C=O) groups excluding carboxylic acids is 1. The number of rotatable bonds is 9. The number of carbonyl (C=O) groups is 1. The van der Waals surface area contributed by atoms with Crippen molar-refractivity contribution in [3.05, 3.63) is 60.2 Å². The normalized spacial score (nSPS) is 11.2. The predicted octanol–water partition coefficient (Wildman–Crippen LogP) is 3.41. The minimum atomic E-state index is -0.206. The maximum absolute atomic E-state index is 12.8. The number of amides is 1. The van der Waals surface area contributed by atoms with Gasteiger partial charge in [-0.25, -0.2) is 9.67 Å². The molecule has 0 aliphatic rings. The summed E-state index contributed by atoms with van der Waals surface area (Å²) in [6.07, 6.45) is 5.36. The monoisotopic (exact) mass is 441 g/mol. The number of hydrogen-bond donors (Lipinski definition) is 1. The van der Waals surface area contributed by atoms with Crippen molar-refractivity contribution in [2.45, 2.75) is 19.9 Å². The van der Waals surface area contributed by atoms with Crippen molar-refractivity contribution in [3.63, 3.8) is 0 Å². The Balaban J connectivity index is 1.44. The fourth-order valence-corrected chi connectivity index (χ4v) is 3.24. The highest BCUT2D eigenvalue weighted by molar-refractivity contribution is 6.31. The van der Waals surface area contributed by atoms with Crippen LogP contribution in [0, 0.1) is 0 Å². The van der Waals surface area contributed by atoms with Gasteiger partial charge in [-0.1, -0.05) is 18.5 Å². The first-order valence-corrected chi connectivity index (χ1v) is 10.0. The molecule has 31 heavy (non-hydrogen) atoms. The van der Waals surface area contributed by atoms with Crippen molar-refractivity contribution < 1.29 is 13.6 Å². The molecule has 0 atom stereocenters. The number of aromatic nitrogens is 5. The molecule has 0 bridgehead atoms. The Labute approximate surface area is 182 Å². The van der Waals surface area contributed by atoms with Gasteiger partial charge in [-0.15, -0.1) is 10.2 Å². The molecule has 3 heterocycles. The average molecular weight is 442 g/mol. The molecule has 1 aromatic carbocycles. The zero-order chi connectivity index (χ0) is 21.6. The number of benzene rings is 1. The van der Waals surface area contributed by atoms with E-state index >= 15 is 0 Å². The second kappa shape index (κ2) is 9.54. The summed E-state index contributed by atoms with van der Waals surface area (Å²) in [6.45, 7) is 3.18.